The second kappa shape index (κ2) is 5.85. The monoisotopic (exact) mass is 258 g/mol. The average molecular weight is 258 g/mol. The van der Waals surface area contributed by atoms with Gasteiger partial charge >= 0.3 is 0 Å². The van der Waals surface area contributed by atoms with E-state index >= 15 is 0 Å². The topological polar surface area (TPSA) is 29.3 Å². The van der Waals surface area contributed by atoms with Gasteiger partial charge in [-0.25, -0.2) is 4.39 Å². The third-order valence-electron chi connectivity index (χ3n) is 3.23. The molecule has 3 heteroatoms. The Bertz CT molecular complexity index is 566. The summed E-state index contributed by atoms with van der Waals surface area (Å²) in [6, 6.07) is 13.6. The van der Waals surface area contributed by atoms with Crippen LogP contribution in [0.1, 0.15) is 16.7 Å². The van der Waals surface area contributed by atoms with Gasteiger partial charge in [-0.2, -0.15) is 0 Å². The van der Waals surface area contributed by atoms with Gasteiger partial charge < -0.3 is 10.6 Å². The van der Waals surface area contributed by atoms with Crippen LogP contribution in [0, 0.1) is 12.7 Å². The number of hydrogen-bond acceptors (Lipinski definition) is 2. The van der Waals surface area contributed by atoms with Crippen LogP contribution in [0.5, 0.6) is 0 Å². The summed E-state index contributed by atoms with van der Waals surface area (Å²) in [5, 5.41) is 0. The molecule has 0 atom stereocenters. The molecule has 0 aliphatic rings. The molecule has 100 valence electrons. The van der Waals surface area contributed by atoms with Gasteiger partial charge in [0.05, 0.1) is 0 Å². The molecule has 0 radical (unpaired) electrons. The lowest BCUT2D eigenvalue weighted by Gasteiger charge is -2.20. The normalized spacial score (nSPS) is 10.5. The molecule has 2 N–H and O–H groups in total. The first-order chi connectivity index (χ1) is 9.11. The van der Waals surface area contributed by atoms with Gasteiger partial charge in [0.15, 0.2) is 0 Å². The first-order valence-electron chi connectivity index (χ1n) is 6.36. The summed E-state index contributed by atoms with van der Waals surface area (Å²) in [4.78, 5) is 2.03. The van der Waals surface area contributed by atoms with E-state index in [0.29, 0.717) is 17.7 Å². The molecule has 2 nitrogen and oxygen atoms in total. The van der Waals surface area contributed by atoms with E-state index in [4.69, 9.17) is 5.73 Å². The standard InChI is InChI=1S/C16H19FN2/c1-12-5-3-8-15(9-12)19(2)11-14-7-4-6-13(10-18)16(14)17/h3-9H,10-11,18H2,1-2H3. The number of nitrogens with zero attached hydrogens (tertiary/aromatic N) is 1. The number of halogens is 1. The lowest BCUT2D eigenvalue weighted by Crippen LogP contribution is -2.18. The van der Waals surface area contributed by atoms with Crippen LogP contribution >= 0.6 is 0 Å². The summed E-state index contributed by atoms with van der Waals surface area (Å²) in [5.41, 5.74) is 9.04. The van der Waals surface area contributed by atoms with E-state index in [9.17, 15) is 4.39 Å². The summed E-state index contributed by atoms with van der Waals surface area (Å²) in [6.45, 7) is 2.81. The second-order valence-electron chi connectivity index (χ2n) is 4.79. The van der Waals surface area contributed by atoms with Gasteiger partial charge in [-0.3, -0.25) is 0 Å². The third-order valence-corrected chi connectivity index (χ3v) is 3.23. The Morgan fingerprint density at radius 1 is 1.11 bits per heavy atom. The van der Waals surface area contributed by atoms with E-state index in [1.54, 1.807) is 12.1 Å². The van der Waals surface area contributed by atoms with E-state index < -0.39 is 0 Å². The van der Waals surface area contributed by atoms with Crippen molar-refractivity contribution in [2.45, 2.75) is 20.0 Å². The summed E-state index contributed by atoms with van der Waals surface area (Å²) >= 11 is 0. The Kier molecular flexibility index (Phi) is 4.17. The maximum absolute atomic E-state index is 14.1. The minimum atomic E-state index is -0.190. The van der Waals surface area contributed by atoms with Crippen molar-refractivity contribution in [1.82, 2.24) is 0 Å². The summed E-state index contributed by atoms with van der Waals surface area (Å²) in [7, 11) is 1.96. The second-order valence-corrected chi connectivity index (χ2v) is 4.79. The van der Waals surface area contributed by atoms with E-state index in [2.05, 4.69) is 6.07 Å². The van der Waals surface area contributed by atoms with Crippen molar-refractivity contribution in [3.63, 3.8) is 0 Å². The first-order valence-corrected chi connectivity index (χ1v) is 6.36. The van der Waals surface area contributed by atoms with Crippen LogP contribution in [0.2, 0.25) is 0 Å². The molecule has 0 saturated carbocycles. The minimum Gasteiger partial charge on any atom is -0.370 e. The van der Waals surface area contributed by atoms with Crippen molar-refractivity contribution in [1.29, 1.82) is 0 Å². The van der Waals surface area contributed by atoms with E-state index in [-0.39, 0.29) is 12.4 Å². The number of aryl methyl sites for hydroxylation is 1. The van der Waals surface area contributed by atoms with Crippen LogP contribution in [-0.4, -0.2) is 7.05 Å². The fraction of sp³-hybridized carbons (Fsp3) is 0.250. The number of hydrogen-bond donors (Lipinski definition) is 1. The molecular weight excluding hydrogens is 239 g/mol. The van der Waals surface area contributed by atoms with Gasteiger partial charge in [-0.05, 0) is 24.6 Å². The molecule has 0 bridgehead atoms. The first kappa shape index (κ1) is 13.6. The predicted molar refractivity (Wildman–Crippen MR) is 77.6 cm³/mol. The average Bonchev–Trinajstić information content (AvgIpc) is 2.41. The van der Waals surface area contributed by atoms with Gasteiger partial charge in [0, 0.05) is 37.0 Å². The fourth-order valence-corrected chi connectivity index (χ4v) is 2.12. The zero-order chi connectivity index (χ0) is 13.8. The molecule has 0 aliphatic carbocycles. The Morgan fingerprint density at radius 2 is 1.79 bits per heavy atom. The summed E-state index contributed by atoms with van der Waals surface area (Å²) in [6.07, 6.45) is 0. The lowest BCUT2D eigenvalue weighted by molar-refractivity contribution is 0.591. The Labute approximate surface area is 113 Å². The molecule has 0 aromatic heterocycles. The van der Waals surface area contributed by atoms with Gasteiger partial charge in [0.1, 0.15) is 5.82 Å². The quantitative estimate of drug-likeness (QED) is 0.912. The highest BCUT2D eigenvalue weighted by Crippen LogP contribution is 2.19. The van der Waals surface area contributed by atoms with Gasteiger partial charge in [-0.15, -0.1) is 0 Å². The smallest absolute Gasteiger partial charge is 0.132 e. The zero-order valence-electron chi connectivity index (χ0n) is 11.4. The van der Waals surface area contributed by atoms with Crippen LogP contribution in [0.25, 0.3) is 0 Å². The third kappa shape index (κ3) is 3.12. The zero-order valence-corrected chi connectivity index (χ0v) is 11.4. The largest absolute Gasteiger partial charge is 0.370 e. The molecule has 0 spiro atoms. The number of nitrogens with two attached hydrogens (primary N) is 1. The molecular formula is C16H19FN2. The van der Waals surface area contributed by atoms with Crippen LogP contribution in [-0.2, 0) is 13.1 Å². The number of anilines is 1. The molecule has 2 aromatic carbocycles. The van der Waals surface area contributed by atoms with Crippen molar-refractivity contribution >= 4 is 5.69 Å². The van der Waals surface area contributed by atoms with Crippen molar-refractivity contribution in [2.75, 3.05) is 11.9 Å². The van der Waals surface area contributed by atoms with Crippen molar-refractivity contribution in [3.8, 4) is 0 Å². The van der Waals surface area contributed by atoms with Crippen molar-refractivity contribution in [3.05, 3.63) is 65.0 Å². The van der Waals surface area contributed by atoms with Crippen LogP contribution < -0.4 is 10.6 Å². The maximum atomic E-state index is 14.1. The maximum Gasteiger partial charge on any atom is 0.132 e. The van der Waals surface area contributed by atoms with E-state index in [1.165, 1.54) is 5.56 Å². The molecule has 2 aromatic rings. The van der Waals surface area contributed by atoms with Crippen molar-refractivity contribution in [2.24, 2.45) is 5.73 Å². The van der Waals surface area contributed by atoms with Crippen molar-refractivity contribution < 1.29 is 4.39 Å². The highest BCUT2D eigenvalue weighted by atomic mass is 19.1. The minimum absolute atomic E-state index is 0.190. The Morgan fingerprint density at radius 3 is 2.47 bits per heavy atom. The molecule has 0 amide bonds. The van der Waals surface area contributed by atoms with E-state index in [1.807, 2.05) is 43.1 Å². The number of benzene rings is 2. The fourth-order valence-electron chi connectivity index (χ4n) is 2.12. The molecule has 19 heavy (non-hydrogen) atoms. The lowest BCUT2D eigenvalue weighted by atomic mass is 10.1. The molecule has 0 aliphatic heterocycles. The molecule has 2 rings (SSSR count). The van der Waals surface area contributed by atoms with Gasteiger partial charge in [-0.1, -0.05) is 30.3 Å². The number of rotatable bonds is 4. The molecule has 0 fully saturated rings. The molecule has 0 unspecified atom stereocenters. The van der Waals surface area contributed by atoms with Crippen LogP contribution in [0.3, 0.4) is 0 Å². The predicted octanol–water partition coefficient (Wildman–Crippen LogP) is 3.23. The summed E-state index contributed by atoms with van der Waals surface area (Å²) < 4.78 is 14.1. The highest BCUT2D eigenvalue weighted by Gasteiger charge is 2.09. The highest BCUT2D eigenvalue weighted by molar-refractivity contribution is 5.48. The molecule has 0 heterocycles. The van der Waals surface area contributed by atoms with Crippen LogP contribution in [0.4, 0.5) is 10.1 Å². The summed E-state index contributed by atoms with van der Waals surface area (Å²) in [5.74, 6) is -0.190. The van der Waals surface area contributed by atoms with Gasteiger partial charge in [0.2, 0.25) is 0 Å². The van der Waals surface area contributed by atoms with Gasteiger partial charge in [0.25, 0.3) is 0 Å². The SMILES string of the molecule is Cc1cccc(N(C)Cc2cccc(CN)c2F)c1. The van der Waals surface area contributed by atoms with Crippen LogP contribution in [0.15, 0.2) is 42.5 Å². The Balaban J connectivity index is 2.21. The molecule has 0 saturated heterocycles. The van der Waals surface area contributed by atoms with E-state index in [0.717, 1.165) is 5.69 Å². The Hall–Kier alpha value is -1.87.